The predicted molar refractivity (Wildman–Crippen MR) is 149 cm³/mol. The van der Waals surface area contributed by atoms with Crippen LogP contribution in [-0.4, -0.2) is 57.5 Å². The standard InChI is InChI=1S/C29H32F2N6O2/c1-17-6-7-20-21(8-9-23(30)25(20)35-14-18(2)38)26(17)39-27-22(5-4-11-33-27)24-10-12-34-28(37-24)36-19-13-29(3,31)16-32-15-19/h4-12,18-19,32,35,38H,13-16H2,1-3H3,(H,34,36,37)/t18-,19+,29+/m1/s1. The molecule has 204 valence electrons. The lowest BCUT2D eigenvalue weighted by molar-refractivity contribution is 0.137. The number of pyridine rings is 1. The number of alkyl halides is 1. The molecule has 2 aromatic heterocycles. The normalized spacial score (nSPS) is 20.0. The van der Waals surface area contributed by atoms with E-state index in [0.29, 0.717) is 64.8 Å². The van der Waals surface area contributed by atoms with Crippen LogP contribution in [0.25, 0.3) is 22.0 Å². The number of piperidine rings is 1. The Morgan fingerprint density at radius 2 is 1.97 bits per heavy atom. The van der Waals surface area contributed by atoms with E-state index in [1.807, 2.05) is 25.1 Å². The Morgan fingerprint density at radius 3 is 2.77 bits per heavy atom. The molecule has 1 aliphatic heterocycles. The van der Waals surface area contributed by atoms with Gasteiger partial charge in [-0.25, -0.2) is 23.7 Å². The van der Waals surface area contributed by atoms with Gasteiger partial charge < -0.3 is 25.8 Å². The lowest BCUT2D eigenvalue weighted by Gasteiger charge is -2.33. The highest BCUT2D eigenvalue weighted by atomic mass is 19.1. The molecule has 2 aromatic carbocycles. The Bertz CT molecular complexity index is 1480. The van der Waals surface area contributed by atoms with Crippen molar-refractivity contribution in [3.63, 3.8) is 0 Å². The first-order valence-corrected chi connectivity index (χ1v) is 13.0. The lowest BCUT2D eigenvalue weighted by atomic mass is 9.95. The van der Waals surface area contributed by atoms with Crippen molar-refractivity contribution in [3.05, 3.63) is 66.2 Å². The third-order valence-corrected chi connectivity index (χ3v) is 6.66. The number of ether oxygens (including phenoxy) is 1. The van der Waals surface area contributed by atoms with Crippen molar-refractivity contribution in [2.24, 2.45) is 0 Å². The number of nitrogens with zero attached hydrogens (tertiary/aromatic N) is 3. The number of halogens is 2. The van der Waals surface area contributed by atoms with Gasteiger partial charge in [-0.3, -0.25) is 0 Å². The molecule has 0 unspecified atom stereocenters. The van der Waals surface area contributed by atoms with Gasteiger partial charge in [-0.2, -0.15) is 0 Å². The molecule has 8 nitrogen and oxygen atoms in total. The maximum absolute atomic E-state index is 14.7. The van der Waals surface area contributed by atoms with Gasteiger partial charge in [0.05, 0.1) is 23.0 Å². The molecule has 0 radical (unpaired) electrons. The maximum atomic E-state index is 14.7. The Morgan fingerprint density at radius 1 is 1.15 bits per heavy atom. The SMILES string of the molecule is Cc1ccc2c(NC[C@@H](C)O)c(F)ccc2c1Oc1ncccc1-c1ccnc(N[C@@H]2CNC[C@@](C)(F)C2)n1. The van der Waals surface area contributed by atoms with Crippen molar-refractivity contribution in [1.29, 1.82) is 0 Å². The van der Waals surface area contributed by atoms with E-state index >= 15 is 0 Å². The van der Waals surface area contributed by atoms with Crippen molar-refractivity contribution < 1.29 is 18.6 Å². The summed E-state index contributed by atoms with van der Waals surface area (Å²) in [5, 5.41) is 20.4. The molecule has 0 bridgehead atoms. The van der Waals surface area contributed by atoms with E-state index in [1.165, 1.54) is 6.07 Å². The minimum atomic E-state index is -1.30. The van der Waals surface area contributed by atoms with Crippen molar-refractivity contribution in [2.45, 2.75) is 45.0 Å². The molecule has 0 aliphatic carbocycles. The monoisotopic (exact) mass is 534 g/mol. The fourth-order valence-electron chi connectivity index (χ4n) is 4.82. The molecule has 0 spiro atoms. The van der Waals surface area contributed by atoms with Crippen LogP contribution in [0.3, 0.4) is 0 Å². The molecule has 1 aliphatic rings. The number of aliphatic hydroxyl groups is 1. The summed E-state index contributed by atoms with van der Waals surface area (Å²) in [6, 6.07) is 12.0. The fraction of sp³-hybridized carbons (Fsp3) is 0.345. The highest BCUT2D eigenvalue weighted by Crippen LogP contribution is 2.39. The molecular formula is C29H32F2N6O2. The first-order chi connectivity index (χ1) is 18.7. The van der Waals surface area contributed by atoms with Crippen LogP contribution in [0, 0.1) is 12.7 Å². The summed E-state index contributed by atoms with van der Waals surface area (Å²) in [4.78, 5) is 13.5. The molecule has 3 atom stereocenters. The number of nitrogens with one attached hydrogen (secondary N) is 3. The number of aromatic nitrogens is 3. The van der Waals surface area contributed by atoms with Crippen LogP contribution >= 0.6 is 0 Å². The first-order valence-electron chi connectivity index (χ1n) is 13.0. The Labute approximate surface area is 225 Å². The quantitative estimate of drug-likeness (QED) is 0.244. The summed E-state index contributed by atoms with van der Waals surface area (Å²) < 4.78 is 35.6. The van der Waals surface area contributed by atoms with E-state index < -0.39 is 17.6 Å². The molecule has 3 heterocycles. The summed E-state index contributed by atoms with van der Waals surface area (Å²) in [5.74, 6) is 0.836. The van der Waals surface area contributed by atoms with E-state index in [2.05, 4.69) is 30.9 Å². The number of anilines is 2. The second kappa shape index (κ2) is 11.1. The Balaban J connectivity index is 1.47. The van der Waals surface area contributed by atoms with Gasteiger partial charge in [-0.05, 0) is 56.7 Å². The van der Waals surface area contributed by atoms with Gasteiger partial charge in [-0.15, -0.1) is 0 Å². The van der Waals surface area contributed by atoms with Crippen molar-refractivity contribution in [3.8, 4) is 22.9 Å². The molecule has 1 fully saturated rings. The topological polar surface area (TPSA) is 104 Å². The molecule has 39 heavy (non-hydrogen) atoms. The minimum absolute atomic E-state index is 0.149. The smallest absolute Gasteiger partial charge is 0.228 e. The van der Waals surface area contributed by atoms with E-state index in [4.69, 9.17) is 4.74 Å². The number of aliphatic hydroxyl groups excluding tert-OH is 1. The second-order valence-corrected chi connectivity index (χ2v) is 10.3. The number of aryl methyl sites for hydroxylation is 1. The largest absolute Gasteiger partial charge is 0.437 e. The molecule has 0 saturated carbocycles. The van der Waals surface area contributed by atoms with Crippen LogP contribution in [-0.2, 0) is 0 Å². The molecule has 10 heteroatoms. The summed E-state index contributed by atoms with van der Waals surface area (Å²) in [7, 11) is 0. The van der Waals surface area contributed by atoms with Crippen molar-refractivity contribution >= 4 is 22.4 Å². The van der Waals surface area contributed by atoms with Crippen LogP contribution in [0.2, 0.25) is 0 Å². The molecular weight excluding hydrogens is 502 g/mol. The summed E-state index contributed by atoms with van der Waals surface area (Å²) in [6.45, 7) is 6.27. The van der Waals surface area contributed by atoms with Crippen LogP contribution < -0.4 is 20.7 Å². The zero-order chi connectivity index (χ0) is 27.6. The van der Waals surface area contributed by atoms with Crippen LogP contribution in [0.15, 0.2) is 54.9 Å². The van der Waals surface area contributed by atoms with Crippen LogP contribution in [0.1, 0.15) is 25.8 Å². The van der Waals surface area contributed by atoms with Gasteiger partial charge in [0.25, 0.3) is 0 Å². The van der Waals surface area contributed by atoms with Gasteiger partial charge in [0.2, 0.25) is 11.8 Å². The van der Waals surface area contributed by atoms with Crippen LogP contribution in [0.4, 0.5) is 20.4 Å². The van der Waals surface area contributed by atoms with E-state index in [9.17, 15) is 13.9 Å². The highest BCUT2D eigenvalue weighted by Gasteiger charge is 2.32. The van der Waals surface area contributed by atoms with Gasteiger partial charge in [0.1, 0.15) is 17.2 Å². The lowest BCUT2D eigenvalue weighted by Crippen LogP contribution is -2.50. The second-order valence-electron chi connectivity index (χ2n) is 10.3. The zero-order valence-corrected chi connectivity index (χ0v) is 22.1. The number of fused-ring (bicyclic) bond motifs is 1. The van der Waals surface area contributed by atoms with Gasteiger partial charge >= 0.3 is 0 Å². The first kappa shape index (κ1) is 26.7. The third-order valence-electron chi connectivity index (χ3n) is 6.66. The predicted octanol–water partition coefficient (Wildman–Crippen LogP) is 5.23. The average molecular weight is 535 g/mol. The van der Waals surface area contributed by atoms with Crippen LogP contribution in [0.5, 0.6) is 11.6 Å². The van der Waals surface area contributed by atoms with Crippen molar-refractivity contribution in [1.82, 2.24) is 20.3 Å². The fourth-order valence-corrected chi connectivity index (χ4v) is 4.82. The van der Waals surface area contributed by atoms with E-state index in [1.54, 1.807) is 44.4 Å². The molecule has 4 aromatic rings. The summed E-state index contributed by atoms with van der Waals surface area (Å²) in [6.07, 6.45) is 2.98. The molecule has 1 saturated heterocycles. The summed E-state index contributed by atoms with van der Waals surface area (Å²) in [5.41, 5.74) is 1.07. The molecule has 0 amide bonds. The Kier molecular flexibility index (Phi) is 7.58. The highest BCUT2D eigenvalue weighted by molar-refractivity contribution is 5.99. The number of benzene rings is 2. The molecule has 4 N–H and O–H groups in total. The number of rotatable bonds is 8. The van der Waals surface area contributed by atoms with Gasteiger partial charge in [0, 0.05) is 55.3 Å². The Hall–Kier alpha value is -3.89. The maximum Gasteiger partial charge on any atom is 0.228 e. The number of hydrogen-bond donors (Lipinski definition) is 4. The van der Waals surface area contributed by atoms with E-state index in [-0.39, 0.29) is 12.6 Å². The van der Waals surface area contributed by atoms with E-state index in [0.717, 1.165) is 5.56 Å². The number of hydrogen-bond acceptors (Lipinski definition) is 8. The third kappa shape index (κ3) is 6.07. The van der Waals surface area contributed by atoms with Gasteiger partial charge in [0.15, 0.2) is 0 Å². The average Bonchev–Trinajstić information content (AvgIpc) is 2.89. The summed E-state index contributed by atoms with van der Waals surface area (Å²) >= 11 is 0. The zero-order valence-electron chi connectivity index (χ0n) is 22.1. The minimum Gasteiger partial charge on any atom is -0.437 e. The van der Waals surface area contributed by atoms with Crippen molar-refractivity contribution in [2.75, 3.05) is 30.3 Å². The van der Waals surface area contributed by atoms with Gasteiger partial charge in [-0.1, -0.05) is 12.1 Å². The molecule has 5 rings (SSSR count).